The van der Waals surface area contributed by atoms with Crippen LogP contribution in [0.3, 0.4) is 0 Å². The molecule has 0 aromatic heterocycles. The summed E-state index contributed by atoms with van der Waals surface area (Å²) in [5.74, 6) is -4.32. The van der Waals surface area contributed by atoms with Gasteiger partial charge in [0, 0.05) is 0 Å². The van der Waals surface area contributed by atoms with Crippen LogP contribution in [0.4, 0.5) is 0 Å². The molecule has 4 heterocycles. The summed E-state index contributed by atoms with van der Waals surface area (Å²) in [6, 6.07) is 0. The maximum atomic E-state index is 13.4. The molecule has 0 amide bonds. The van der Waals surface area contributed by atoms with Crippen molar-refractivity contribution in [2.75, 3.05) is 0 Å². The summed E-state index contributed by atoms with van der Waals surface area (Å²) in [5.41, 5.74) is -8.26. The highest BCUT2D eigenvalue weighted by Crippen LogP contribution is 2.84. The fourth-order valence-electron chi connectivity index (χ4n) is 8.12. The van der Waals surface area contributed by atoms with Gasteiger partial charge in [0.15, 0.2) is 17.8 Å². The number of hydrogen-bond donors (Lipinski definition) is 3. The minimum Gasteiger partial charge on any atom is -0.459 e. The van der Waals surface area contributed by atoms with Crippen LogP contribution in [0.15, 0.2) is 0 Å². The van der Waals surface area contributed by atoms with E-state index in [1.165, 1.54) is 6.92 Å². The summed E-state index contributed by atoms with van der Waals surface area (Å²) in [5, 5.41) is 34.7. The van der Waals surface area contributed by atoms with E-state index in [2.05, 4.69) is 0 Å². The lowest BCUT2D eigenvalue weighted by atomic mass is 9.51. The number of carbonyl (C=O) groups excluding carboxylic acids is 3. The first kappa shape index (κ1) is 19.0. The standard InChI is InChI=1S/C20H24O10/c1-6-12(23)28-11-9(21)18-8-5-7(16(2,3)4)17(18)10(22)13(24)29-15(17)30-20(18,14(25)27-8)19(6,11)26/h6-11,15,21-22,26H,5H2,1-4H3/t6-,7-,8-,9+,10+,11+,15+,17?,18+,19-,20?/m1/s1. The number of ether oxygens (including phenoxy) is 4. The van der Waals surface area contributed by atoms with E-state index in [0.29, 0.717) is 0 Å². The molecule has 164 valence electrons. The Labute approximate surface area is 171 Å². The van der Waals surface area contributed by atoms with Crippen molar-refractivity contribution in [1.29, 1.82) is 0 Å². The summed E-state index contributed by atoms with van der Waals surface area (Å²) in [6.07, 6.45) is -6.91. The van der Waals surface area contributed by atoms with Crippen LogP contribution in [0.2, 0.25) is 0 Å². The van der Waals surface area contributed by atoms with Crippen LogP contribution in [0, 0.1) is 28.1 Å². The van der Waals surface area contributed by atoms with Gasteiger partial charge in [-0.3, -0.25) is 4.79 Å². The zero-order valence-electron chi connectivity index (χ0n) is 16.9. The summed E-state index contributed by atoms with van der Waals surface area (Å²) in [7, 11) is 0. The Bertz CT molecular complexity index is 925. The number of hydrogen-bond acceptors (Lipinski definition) is 10. The third-order valence-corrected chi connectivity index (χ3v) is 9.00. The zero-order valence-corrected chi connectivity index (χ0v) is 16.9. The first-order valence-electron chi connectivity index (χ1n) is 10.2. The van der Waals surface area contributed by atoms with Gasteiger partial charge in [0.25, 0.3) is 0 Å². The Morgan fingerprint density at radius 3 is 2.33 bits per heavy atom. The van der Waals surface area contributed by atoms with Crippen molar-refractivity contribution in [3.05, 3.63) is 0 Å². The molecule has 0 aromatic carbocycles. The smallest absolute Gasteiger partial charge is 0.343 e. The van der Waals surface area contributed by atoms with E-state index in [4.69, 9.17) is 18.9 Å². The molecular formula is C20H24O10. The molecule has 30 heavy (non-hydrogen) atoms. The van der Waals surface area contributed by atoms with E-state index in [-0.39, 0.29) is 6.42 Å². The molecule has 2 unspecified atom stereocenters. The lowest BCUT2D eigenvalue weighted by molar-refractivity contribution is -0.239. The molecular weight excluding hydrogens is 400 g/mol. The molecule has 2 aliphatic carbocycles. The third-order valence-electron chi connectivity index (χ3n) is 9.00. The first-order valence-corrected chi connectivity index (χ1v) is 10.2. The van der Waals surface area contributed by atoms with Crippen molar-refractivity contribution in [2.24, 2.45) is 28.1 Å². The molecule has 2 saturated carbocycles. The third kappa shape index (κ3) is 1.33. The summed E-state index contributed by atoms with van der Waals surface area (Å²) >= 11 is 0. The van der Waals surface area contributed by atoms with Crippen molar-refractivity contribution in [2.45, 2.75) is 76.0 Å². The highest BCUT2D eigenvalue weighted by Gasteiger charge is 3.03. The van der Waals surface area contributed by atoms with Crippen molar-refractivity contribution in [3.8, 4) is 0 Å². The lowest BCUT2D eigenvalue weighted by Gasteiger charge is -2.47. The quantitative estimate of drug-likeness (QED) is 0.314. The first-order chi connectivity index (χ1) is 13.8. The maximum absolute atomic E-state index is 13.4. The Hall–Kier alpha value is -1.75. The Morgan fingerprint density at radius 2 is 1.70 bits per heavy atom. The van der Waals surface area contributed by atoms with Crippen molar-refractivity contribution < 1.29 is 48.7 Å². The van der Waals surface area contributed by atoms with Gasteiger partial charge in [-0.25, -0.2) is 9.59 Å². The van der Waals surface area contributed by atoms with Crippen molar-refractivity contribution in [1.82, 2.24) is 0 Å². The average Bonchev–Trinajstić information content (AvgIpc) is 3.35. The van der Waals surface area contributed by atoms with Gasteiger partial charge in [-0.15, -0.1) is 0 Å². The van der Waals surface area contributed by atoms with E-state index >= 15 is 0 Å². The van der Waals surface area contributed by atoms with Gasteiger partial charge < -0.3 is 34.3 Å². The predicted molar refractivity (Wildman–Crippen MR) is 92.0 cm³/mol. The SMILES string of the molecule is C[C@@H]1C(=O)O[C@H]2[C@H](O)[C@@]34[C@H]5C[C@H](C(C)(C)C)C36[C@@H](OC(=O)[C@@H]6O)OC4(C(=O)O5)[C@@]12O. The fourth-order valence-corrected chi connectivity index (χ4v) is 8.12. The molecule has 11 atom stereocenters. The second-order valence-electron chi connectivity index (χ2n) is 10.7. The summed E-state index contributed by atoms with van der Waals surface area (Å²) in [6.45, 7) is 7.14. The van der Waals surface area contributed by atoms with E-state index in [1.807, 2.05) is 20.8 Å². The molecule has 0 aromatic rings. The van der Waals surface area contributed by atoms with Gasteiger partial charge in [-0.05, 0) is 24.7 Å². The van der Waals surface area contributed by atoms with E-state index < -0.39 is 87.9 Å². The normalized spacial score (nSPS) is 60.1. The molecule has 10 heteroatoms. The number of fused-ring (bicyclic) bond motifs is 1. The topological polar surface area (TPSA) is 149 Å². The van der Waals surface area contributed by atoms with Gasteiger partial charge in [-0.1, -0.05) is 20.8 Å². The summed E-state index contributed by atoms with van der Waals surface area (Å²) in [4.78, 5) is 38.2. The Kier molecular flexibility index (Phi) is 2.97. The largest absolute Gasteiger partial charge is 0.459 e. The molecule has 10 nitrogen and oxygen atoms in total. The van der Waals surface area contributed by atoms with E-state index in [9.17, 15) is 29.7 Å². The molecule has 3 N–H and O–H groups in total. The van der Waals surface area contributed by atoms with Crippen LogP contribution in [0.1, 0.15) is 34.1 Å². The van der Waals surface area contributed by atoms with Crippen LogP contribution < -0.4 is 0 Å². The maximum Gasteiger partial charge on any atom is 0.343 e. The molecule has 4 saturated heterocycles. The highest BCUT2D eigenvalue weighted by atomic mass is 16.8. The fraction of sp³-hybridized carbons (Fsp3) is 0.850. The highest BCUT2D eigenvalue weighted by molar-refractivity contribution is 5.94. The molecule has 0 bridgehead atoms. The Balaban J connectivity index is 1.72. The lowest BCUT2D eigenvalue weighted by Crippen LogP contribution is -2.67. The summed E-state index contributed by atoms with van der Waals surface area (Å²) < 4.78 is 22.5. The van der Waals surface area contributed by atoms with Crippen LogP contribution in [-0.4, -0.2) is 75.1 Å². The average molecular weight is 424 g/mol. The number of esters is 3. The van der Waals surface area contributed by atoms with Gasteiger partial charge in [0.05, 0.1) is 16.7 Å². The van der Waals surface area contributed by atoms with Crippen LogP contribution in [0.25, 0.3) is 0 Å². The number of aliphatic hydroxyl groups is 3. The molecule has 6 aliphatic rings. The number of aliphatic hydroxyl groups excluding tert-OH is 2. The second kappa shape index (κ2) is 4.69. The number of rotatable bonds is 0. The Morgan fingerprint density at radius 1 is 1.03 bits per heavy atom. The van der Waals surface area contributed by atoms with Crippen LogP contribution in [0.5, 0.6) is 0 Å². The minimum absolute atomic E-state index is 0.229. The predicted octanol–water partition coefficient (Wildman–Crippen LogP) is -1.37. The van der Waals surface area contributed by atoms with Gasteiger partial charge in [0.2, 0.25) is 11.9 Å². The molecule has 6 fully saturated rings. The zero-order chi connectivity index (χ0) is 21.8. The van der Waals surface area contributed by atoms with Gasteiger partial charge in [0.1, 0.15) is 12.2 Å². The molecule has 6 rings (SSSR count). The van der Waals surface area contributed by atoms with E-state index in [1.54, 1.807) is 0 Å². The monoisotopic (exact) mass is 424 g/mol. The molecule has 4 aliphatic heterocycles. The second-order valence-corrected chi connectivity index (χ2v) is 10.7. The minimum atomic E-state index is -2.24. The van der Waals surface area contributed by atoms with Crippen molar-refractivity contribution >= 4 is 17.9 Å². The van der Waals surface area contributed by atoms with Crippen LogP contribution >= 0.6 is 0 Å². The van der Waals surface area contributed by atoms with Gasteiger partial charge >= 0.3 is 17.9 Å². The van der Waals surface area contributed by atoms with Gasteiger partial charge in [-0.2, -0.15) is 0 Å². The van der Waals surface area contributed by atoms with Crippen LogP contribution in [-0.2, 0) is 33.3 Å². The molecule has 0 radical (unpaired) electrons. The molecule has 2 spiro atoms. The number of carbonyl (C=O) groups is 3. The van der Waals surface area contributed by atoms with E-state index in [0.717, 1.165) is 0 Å². The van der Waals surface area contributed by atoms with Crippen molar-refractivity contribution in [3.63, 3.8) is 0 Å².